The molecule has 0 saturated heterocycles. The molecule has 0 unspecified atom stereocenters. The quantitative estimate of drug-likeness (QED) is 0.801. The zero-order chi connectivity index (χ0) is 13.4. The average molecular weight is 295 g/mol. The van der Waals surface area contributed by atoms with Crippen LogP contribution in [-0.4, -0.2) is 9.55 Å². The van der Waals surface area contributed by atoms with Gasteiger partial charge in [-0.05, 0) is 44.2 Å². The Morgan fingerprint density at radius 3 is 2.84 bits per heavy atom. The SMILES string of the molecule is Cc1nc2c(n1Cc1cccc(Cl)c1Cl)CCCC2. The minimum atomic E-state index is 0.616. The fraction of sp³-hybridized carbons (Fsp3) is 0.400. The minimum Gasteiger partial charge on any atom is -0.328 e. The van der Waals surface area contributed by atoms with Crippen LogP contribution in [-0.2, 0) is 19.4 Å². The molecular formula is C15H16Cl2N2. The predicted molar refractivity (Wildman–Crippen MR) is 79.2 cm³/mol. The molecule has 1 aliphatic carbocycles. The molecule has 0 N–H and O–H groups in total. The van der Waals surface area contributed by atoms with E-state index in [0.717, 1.165) is 30.8 Å². The highest BCUT2D eigenvalue weighted by Gasteiger charge is 2.18. The maximum atomic E-state index is 6.28. The molecule has 2 nitrogen and oxygen atoms in total. The van der Waals surface area contributed by atoms with Crippen molar-refractivity contribution in [2.24, 2.45) is 0 Å². The lowest BCUT2D eigenvalue weighted by Gasteiger charge is -2.15. The molecule has 100 valence electrons. The summed E-state index contributed by atoms with van der Waals surface area (Å²) in [4.78, 5) is 4.69. The van der Waals surface area contributed by atoms with Gasteiger partial charge in [-0.2, -0.15) is 0 Å². The standard InChI is InChI=1S/C15H16Cl2N2/c1-10-18-13-7-2-3-8-14(13)19(10)9-11-5-4-6-12(16)15(11)17/h4-6H,2-3,7-9H2,1H3. The lowest BCUT2D eigenvalue weighted by atomic mass is 10.0. The molecule has 0 fully saturated rings. The van der Waals surface area contributed by atoms with Gasteiger partial charge in [0, 0.05) is 5.69 Å². The number of hydrogen-bond donors (Lipinski definition) is 0. The molecule has 1 aromatic carbocycles. The minimum absolute atomic E-state index is 0.616. The van der Waals surface area contributed by atoms with Crippen molar-refractivity contribution in [1.82, 2.24) is 9.55 Å². The van der Waals surface area contributed by atoms with E-state index in [0.29, 0.717) is 10.0 Å². The van der Waals surface area contributed by atoms with Crippen molar-refractivity contribution in [1.29, 1.82) is 0 Å². The van der Waals surface area contributed by atoms with E-state index in [1.165, 1.54) is 24.2 Å². The summed E-state index contributed by atoms with van der Waals surface area (Å²) in [6.45, 7) is 2.82. The Morgan fingerprint density at radius 1 is 1.21 bits per heavy atom. The topological polar surface area (TPSA) is 17.8 Å². The van der Waals surface area contributed by atoms with Gasteiger partial charge in [0.05, 0.1) is 22.3 Å². The Morgan fingerprint density at radius 2 is 2.00 bits per heavy atom. The van der Waals surface area contributed by atoms with Crippen molar-refractivity contribution in [3.8, 4) is 0 Å². The van der Waals surface area contributed by atoms with Crippen LogP contribution in [0.15, 0.2) is 18.2 Å². The van der Waals surface area contributed by atoms with Gasteiger partial charge in [-0.15, -0.1) is 0 Å². The zero-order valence-electron chi connectivity index (χ0n) is 10.9. The highest BCUT2D eigenvalue weighted by atomic mass is 35.5. The number of nitrogens with zero attached hydrogens (tertiary/aromatic N) is 2. The van der Waals surface area contributed by atoms with E-state index in [9.17, 15) is 0 Å². The molecule has 1 aliphatic rings. The number of fused-ring (bicyclic) bond motifs is 1. The van der Waals surface area contributed by atoms with Crippen LogP contribution >= 0.6 is 23.2 Å². The predicted octanol–water partition coefficient (Wildman–Crippen LogP) is 4.43. The van der Waals surface area contributed by atoms with E-state index < -0.39 is 0 Å². The molecule has 1 heterocycles. The monoisotopic (exact) mass is 294 g/mol. The molecular weight excluding hydrogens is 279 g/mol. The van der Waals surface area contributed by atoms with Crippen molar-refractivity contribution >= 4 is 23.2 Å². The molecule has 0 atom stereocenters. The number of aromatic nitrogens is 2. The molecule has 0 radical (unpaired) electrons. The Labute approximate surface area is 123 Å². The molecule has 4 heteroatoms. The van der Waals surface area contributed by atoms with Crippen molar-refractivity contribution in [3.63, 3.8) is 0 Å². The van der Waals surface area contributed by atoms with Crippen LogP contribution in [0.5, 0.6) is 0 Å². The number of aryl methyl sites for hydroxylation is 2. The third-order valence-electron chi connectivity index (χ3n) is 3.78. The summed E-state index contributed by atoms with van der Waals surface area (Å²) >= 11 is 12.4. The summed E-state index contributed by atoms with van der Waals surface area (Å²) in [5.41, 5.74) is 3.70. The second-order valence-electron chi connectivity index (χ2n) is 5.06. The van der Waals surface area contributed by atoms with Gasteiger partial charge in [0.2, 0.25) is 0 Å². The van der Waals surface area contributed by atoms with Crippen molar-refractivity contribution in [2.75, 3.05) is 0 Å². The molecule has 0 saturated carbocycles. The van der Waals surface area contributed by atoms with Gasteiger partial charge in [0.1, 0.15) is 5.82 Å². The van der Waals surface area contributed by atoms with Crippen LogP contribution < -0.4 is 0 Å². The lowest BCUT2D eigenvalue weighted by Crippen LogP contribution is -2.10. The number of halogens is 2. The number of hydrogen-bond acceptors (Lipinski definition) is 1. The van der Waals surface area contributed by atoms with Gasteiger partial charge in [0.25, 0.3) is 0 Å². The van der Waals surface area contributed by atoms with Gasteiger partial charge in [-0.25, -0.2) is 4.98 Å². The first kappa shape index (κ1) is 13.0. The second kappa shape index (κ2) is 5.18. The van der Waals surface area contributed by atoms with Crippen LogP contribution in [0.2, 0.25) is 10.0 Å². The molecule has 2 aromatic rings. The smallest absolute Gasteiger partial charge is 0.106 e. The molecule has 0 amide bonds. The van der Waals surface area contributed by atoms with Crippen LogP contribution in [0, 0.1) is 6.92 Å². The van der Waals surface area contributed by atoms with Crippen molar-refractivity contribution in [2.45, 2.75) is 39.2 Å². The highest BCUT2D eigenvalue weighted by molar-refractivity contribution is 6.42. The zero-order valence-corrected chi connectivity index (χ0v) is 12.4. The van der Waals surface area contributed by atoms with Gasteiger partial charge in [0.15, 0.2) is 0 Å². The molecule has 0 aliphatic heterocycles. The van der Waals surface area contributed by atoms with E-state index >= 15 is 0 Å². The first-order chi connectivity index (χ1) is 9.16. The molecule has 0 spiro atoms. The van der Waals surface area contributed by atoms with Gasteiger partial charge < -0.3 is 4.57 Å². The Hall–Kier alpha value is -0.990. The Kier molecular flexibility index (Phi) is 3.55. The Balaban J connectivity index is 1.99. The first-order valence-electron chi connectivity index (χ1n) is 6.64. The Bertz CT molecular complexity index is 617. The summed E-state index contributed by atoms with van der Waals surface area (Å²) < 4.78 is 2.28. The largest absolute Gasteiger partial charge is 0.328 e. The summed E-state index contributed by atoms with van der Waals surface area (Å²) in [5, 5.41) is 1.27. The number of benzene rings is 1. The molecule has 0 bridgehead atoms. The van der Waals surface area contributed by atoms with Crippen molar-refractivity contribution < 1.29 is 0 Å². The van der Waals surface area contributed by atoms with Gasteiger partial charge in [-0.1, -0.05) is 35.3 Å². The van der Waals surface area contributed by atoms with E-state index in [4.69, 9.17) is 23.2 Å². The van der Waals surface area contributed by atoms with Gasteiger partial charge in [-0.3, -0.25) is 0 Å². The van der Waals surface area contributed by atoms with E-state index in [-0.39, 0.29) is 0 Å². The molecule has 1 aromatic heterocycles. The maximum absolute atomic E-state index is 6.28. The van der Waals surface area contributed by atoms with Crippen LogP contribution in [0.3, 0.4) is 0 Å². The summed E-state index contributed by atoms with van der Waals surface area (Å²) in [6.07, 6.45) is 4.73. The van der Waals surface area contributed by atoms with E-state index in [1.807, 2.05) is 18.2 Å². The van der Waals surface area contributed by atoms with Crippen LogP contribution in [0.1, 0.15) is 35.6 Å². The summed E-state index contributed by atoms with van der Waals surface area (Å²) in [6, 6.07) is 5.80. The number of imidazole rings is 1. The normalized spacial score (nSPS) is 14.5. The van der Waals surface area contributed by atoms with Crippen molar-refractivity contribution in [3.05, 3.63) is 51.0 Å². The first-order valence-corrected chi connectivity index (χ1v) is 7.40. The molecule has 19 heavy (non-hydrogen) atoms. The fourth-order valence-corrected chi connectivity index (χ4v) is 3.17. The number of rotatable bonds is 2. The molecule has 3 rings (SSSR count). The summed E-state index contributed by atoms with van der Waals surface area (Å²) in [5.74, 6) is 1.07. The summed E-state index contributed by atoms with van der Waals surface area (Å²) in [7, 11) is 0. The van der Waals surface area contributed by atoms with Crippen LogP contribution in [0.25, 0.3) is 0 Å². The maximum Gasteiger partial charge on any atom is 0.106 e. The fourth-order valence-electron chi connectivity index (χ4n) is 2.79. The average Bonchev–Trinajstić information content (AvgIpc) is 2.72. The highest BCUT2D eigenvalue weighted by Crippen LogP contribution is 2.28. The third-order valence-corrected chi connectivity index (χ3v) is 4.64. The van der Waals surface area contributed by atoms with Crippen LogP contribution in [0.4, 0.5) is 0 Å². The van der Waals surface area contributed by atoms with E-state index in [2.05, 4.69) is 16.5 Å². The second-order valence-corrected chi connectivity index (χ2v) is 5.84. The lowest BCUT2D eigenvalue weighted by molar-refractivity contribution is 0.624. The third kappa shape index (κ3) is 2.39. The van der Waals surface area contributed by atoms with E-state index in [1.54, 1.807) is 0 Å². The van der Waals surface area contributed by atoms with Gasteiger partial charge >= 0.3 is 0 Å².